The SMILES string of the molecule is CCOC1CC(c2ccccc2)OC2(CCN(C(=O)c3cnn(-c4ccc(F)cc4)c3C)CC2)C1. The van der Waals surface area contributed by atoms with Crippen LogP contribution in [0.2, 0.25) is 0 Å². The van der Waals surface area contributed by atoms with Crippen molar-refractivity contribution in [1.82, 2.24) is 14.7 Å². The Kier molecular flexibility index (Phi) is 6.71. The van der Waals surface area contributed by atoms with Crippen LogP contribution in [0.1, 0.15) is 60.3 Å². The van der Waals surface area contributed by atoms with E-state index < -0.39 is 0 Å². The lowest BCUT2D eigenvalue weighted by Crippen LogP contribution is -2.52. The van der Waals surface area contributed by atoms with Crippen molar-refractivity contribution < 1.29 is 18.7 Å². The van der Waals surface area contributed by atoms with Crippen LogP contribution in [0.3, 0.4) is 0 Å². The van der Waals surface area contributed by atoms with E-state index in [4.69, 9.17) is 9.47 Å². The minimum absolute atomic E-state index is 0.0000583. The molecule has 1 spiro atoms. The molecular formula is C28H32FN3O3. The van der Waals surface area contributed by atoms with Gasteiger partial charge in [0.2, 0.25) is 0 Å². The first-order chi connectivity index (χ1) is 17.0. The van der Waals surface area contributed by atoms with Crippen molar-refractivity contribution in [3.8, 4) is 5.69 Å². The lowest BCUT2D eigenvalue weighted by molar-refractivity contribution is -0.190. The van der Waals surface area contributed by atoms with Gasteiger partial charge in [0.05, 0.1) is 41.0 Å². The third-order valence-electron chi connectivity index (χ3n) is 7.32. The maximum Gasteiger partial charge on any atom is 0.257 e. The number of ether oxygens (including phenoxy) is 2. The van der Waals surface area contributed by atoms with Gasteiger partial charge in [-0.3, -0.25) is 4.79 Å². The van der Waals surface area contributed by atoms with E-state index in [1.807, 2.05) is 36.9 Å². The van der Waals surface area contributed by atoms with Crippen LogP contribution in [0.4, 0.5) is 4.39 Å². The average Bonchev–Trinajstić information content (AvgIpc) is 3.26. The first-order valence-electron chi connectivity index (χ1n) is 12.4. The fourth-order valence-electron chi connectivity index (χ4n) is 5.44. The van der Waals surface area contributed by atoms with Crippen LogP contribution in [-0.4, -0.2) is 52.0 Å². The molecule has 5 rings (SSSR count). The summed E-state index contributed by atoms with van der Waals surface area (Å²) in [5.41, 5.74) is 2.94. The molecule has 2 atom stereocenters. The summed E-state index contributed by atoms with van der Waals surface area (Å²) in [6.45, 7) is 5.84. The zero-order valence-corrected chi connectivity index (χ0v) is 20.3. The van der Waals surface area contributed by atoms with Gasteiger partial charge in [-0.25, -0.2) is 9.07 Å². The number of hydrogen-bond donors (Lipinski definition) is 0. The quantitative estimate of drug-likeness (QED) is 0.504. The van der Waals surface area contributed by atoms with E-state index in [-0.39, 0.29) is 29.5 Å². The molecule has 35 heavy (non-hydrogen) atoms. The molecule has 0 bridgehead atoms. The van der Waals surface area contributed by atoms with Crippen molar-refractivity contribution in [3.05, 3.63) is 83.4 Å². The molecule has 0 radical (unpaired) electrons. The largest absolute Gasteiger partial charge is 0.378 e. The van der Waals surface area contributed by atoms with Gasteiger partial charge in [-0.15, -0.1) is 0 Å². The number of amides is 1. The molecule has 6 nitrogen and oxygen atoms in total. The van der Waals surface area contributed by atoms with Crippen molar-refractivity contribution in [1.29, 1.82) is 0 Å². The molecule has 184 valence electrons. The molecule has 0 saturated carbocycles. The number of carbonyl (C=O) groups excluding carboxylic acids is 1. The van der Waals surface area contributed by atoms with Gasteiger partial charge < -0.3 is 14.4 Å². The molecule has 0 N–H and O–H groups in total. The average molecular weight is 478 g/mol. The van der Waals surface area contributed by atoms with E-state index in [2.05, 4.69) is 17.2 Å². The lowest BCUT2D eigenvalue weighted by atomic mass is 9.80. The monoisotopic (exact) mass is 477 g/mol. The summed E-state index contributed by atoms with van der Waals surface area (Å²) in [5.74, 6) is -0.328. The van der Waals surface area contributed by atoms with Crippen molar-refractivity contribution in [2.75, 3.05) is 19.7 Å². The molecule has 2 fully saturated rings. The number of carbonyl (C=O) groups is 1. The normalized spacial score (nSPS) is 21.9. The third-order valence-corrected chi connectivity index (χ3v) is 7.32. The van der Waals surface area contributed by atoms with Crippen molar-refractivity contribution in [2.45, 2.75) is 57.3 Å². The van der Waals surface area contributed by atoms with Crippen molar-refractivity contribution >= 4 is 5.91 Å². The number of rotatable bonds is 5. The van der Waals surface area contributed by atoms with E-state index in [1.54, 1.807) is 23.0 Å². The fraction of sp³-hybridized carbons (Fsp3) is 0.429. The van der Waals surface area contributed by atoms with E-state index in [0.717, 1.165) is 37.1 Å². The van der Waals surface area contributed by atoms with Crippen LogP contribution in [0.5, 0.6) is 0 Å². The Bertz CT molecular complexity index is 1150. The van der Waals surface area contributed by atoms with Crippen LogP contribution in [0.25, 0.3) is 5.69 Å². The summed E-state index contributed by atoms with van der Waals surface area (Å²) < 4.78 is 27.8. The highest BCUT2D eigenvalue weighted by molar-refractivity contribution is 5.95. The van der Waals surface area contributed by atoms with Crippen LogP contribution in [-0.2, 0) is 9.47 Å². The van der Waals surface area contributed by atoms with Gasteiger partial charge in [-0.05, 0) is 56.5 Å². The number of piperidine rings is 1. The van der Waals surface area contributed by atoms with Crippen LogP contribution in [0, 0.1) is 12.7 Å². The van der Waals surface area contributed by atoms with Gasteiger partial charge in [0, 0.05) is 32.5 Å². The summed E-state index contributed by atoms with van der Waals surface area (Å²) in [6.07, 6.45) is 5.02. The molecule has 2 saturated heterocycles. The van der Waals surface area contributed by atoms with Crippen LogP contribution in [0.15, 0.2) is 60.8 Å². The number of halogens is 1. The first kappa shape index (κ1) is 23.7. The number of benzene rings is 2. The lowest BCUT2D eigenvalue weighted by Gasteiger charge is -2.48. The Hall–Kier alpha value is -3.03. The highest BCUT2D eigenvalue weighted by atomic mass is 19.1. The predicted molar refractivity (Wildman–Crippen MR) is 131 cm³/mol. The van der Waals surface area contributed by atoms with Crippen molar-refractivity contribution in [2.24, 2.45) is 0 Å². The maximum atomic E-state index is 13.4. The molecule has 2 unspecified atom stereocenters. The van der Waals surface area contributed by atoms with Crippen molar-refractivity contribution in [3.63, 3.8) is 0 Å². The van der Waals surface area contributed by atoms with Gasteiger partial charge in [-0.2, -0.15) is 5.10 Å². The van der Waals surface area contributed by atoms with Crippen LogP contribution >= 0.6 is 0 Å². The second kappa shape index (κ2) is 9.91. The van der Waals surface area contributed by atoms with E-state index in [0.29, 0.717) is 25.3 Å². The zero-order chi connectivity index (χ0) is 24.4. The highest BCUT2D eigenvalue weighted by Gasteiger charge is 2.45. The number of nitrogens with zero attached hydrogens (tertiary/aromatic N) is 3. The fourth-order valence-corrected chi connectivity index (χ4v) is 5.44. The molecule has 1 aromatic heterocycles. The van der Waals surface area contributed by atoms with E-state index in [1.165, 1.54) is 17.7 Å². The number of aromatic nitrogens is 2. The summed E-state index contributed by atoms with van der Waals surface area (Å²) in [5, 5.41) is 4.39. The highest BCUT2D eigenvalue weighted by Crippen LogP contribution is 2.44. The summed E-state index contributed by atoms with van der Waals surface area (Å²) >= 11 is 0. The Balaban J connectivity index is 1.29. The molecule has 2 aliphatic heterocycles. The topological polar surface area (TPSA) is 56.6 Å². The second-order valence-electron chi connectivity index (χ2n) is 9.54. The molecule has 0 aliphatic carbocycles. The first-order valence-corrected chi connectivity index (χ1v) is 12.4. The molecule has 3 heterocycles. The van der Waals surface area contributed by atoms with Crippen LogP contribution < -0.4 is 0 Å². The number of hydrogen-bond acceptors (Lipinski definition) is 4. The maximum absolute atomic E-state index is 13.4. The van der Waals surface area contributed by atoms with Gasteiger partial charge in [0.15, 0.2) is 0 Å². The minimum atomic E-state index is -0.303. The molecular weight excluding hydrogens is 445 g/mol. The Morgan fingerprint density at radius 2 is 1.86 bits per heavy atom. The molecule has 7 heteroatoms. The second-order valence-corrected chi connectivity index (χ2v) is 9.54. The smallest absolute Gasteiger partial charge is 0.257 e. The zero-order valence-electron chi connectivity index (χ0n) is 20.3. The van der Waals surface area contributed by atoms with E-state index in [9.17, 15) is 9.18 Å². The Morgan fingerprint density at radius 3 is 2.54 bits per heavy atom. The Morgan fingerprint density at radius 1 is 1.14 bits per heavy atom. The van der Waals surface area contributed by atoms with Gasteiger partial charge in [0.25, 0.3) is 5.91 Å². The minimum Gasteiger partial charge on any atom is -0.378 e. The van der Waals surface area contributed by atoms with Gasteiger partial charge in [0.1, 0.15) is 5.82 Å². The molecule has 2 aliphatic rings. The summed E-state index contributed by atoms with van der Waals surface area (Å²) in [7, 11) is 0. The molecule has 3 aromatic rings. The summed E-state index contributed by atoms with van der Waals surface area (Å²) in [4.78, 5) is 15.3. The number of likely N-dealkylation sites (tertiary alicyclic amines) is 1. The van der Waals surface area contributed by atoms with Gasteiger partial charge in [-0.1, -0.05) is 30.3 Å². The third kappa shape index (κ3) is 4.88. The molecule has 2 aromatic carbocycles. The summed E-state index contributed by atoms with van der Waals surface area (Å²) in [6, 6.07) is 16.5. The standard InChI is InChI=1S/C28H32FN3O3/c1-3-34-24-17-26(21-7-5-4-6-8-21)35-28(18-24)13-15-31(16-14-28)27(33)25-19-30-32(20(25)2)23-11-9-22(29)10-12-23/h4-12,19,24,26H,3,13-18H2,1-2H3. The van der Waals surface area contributed by atoms with E-state index >= 15 is 0 Å². The Labute approximate surface area is 205 Å². The molecule has 1 amide bonds. The predicted octanol–water partition coefficient (Wildman–Crippen LogP) is 5.25. The van der Waals surface area contributed by atoms with Gasteiger partial charge >= 0.3 is 0 Å².